The largest absolute Gasteiger partial charge is 0.493 e. The van der Waals surface area contributed by atoms with Crippen LogP contribution < -0.4 is 19.5 Å². The van der Waals surface area contributed by atoms with Crippen LogP contribution in [0.2, 0.25) is 0 Å². The van der Waals surface area contributed by atoms with Gasteiger partial charge in [-0.1, -0.05) is 6.92 Å². The maximum Gasteiger partial charge on any atom is 0.255 e. The Hall–Kier alpha value is -2.58. The van der Waals surface area contributed by atoms with E-state index in [1.807, 2.05) is 6.92 Å². The summed E-state index contributed by atoms with van der Waals surface area (Å²) in [4.78, 5) is 12.5. The molecular weight excluding hydrogens is 356 g/mol. The lowest BCUT2D eigenvalue weighted by atomic mass is 10.2. The molecule has 0 heterocycles. The Bertz CT molecular complexity index is 864. The molecule has 0 fully saturated rings. The molecule has 7 nitrogen and oxygen atoms in total. The van der Waals surface area contributed by atoms with Gasteiger partial charge in [-0.2, -0.15) is 0 Å². The standard InChI is InChI=1S/C18H22N2O5S/c1-4-11-19-26(22,23)15-8-5-13(6-9-15)18(21)20-14-7-10-16(24-2)17(12-14)25-3/h5-10,12,19H,4,11H2,1-3H3,(H,20,21). The van der Waals surface area contributed by atoms with Crippen LogP contribution in [0.3, 0.4) is 0 Å². The number of hydrogen-bond acceptors (Lipinski definition) is 5. The van der Waals surface area contributed by atoms with Gasteiger partial charge in [0.1, 0.15) is 0 Å². The average molecular weight is 378 g/mol. The van der Waals surface area contributed by atoms with Crippen LogP contribution in [0, 0.1) is 0 Å². The summed E-state index contributed by atoms with van der Waals surface area (Å²) in [5.41, 5.74) is 0.878. The third kappa shape index (κ3) is 4.74. The van der Waals surface area contributed by atoms with Crippen LogP contribution in [-0.4, -0.2) is 35.1 Å². The quantitative estimate of drug-likeness (QED) is 0.736. The first-order valence-electron chi connectivity index (χ1n) is 8.04. The lowest BCUT2D eigenvalue weighted by Crippen LogP contribution is -2.24. The van der Waals surface area contributed by atoms with E-state index in [9.17, 15) is 13.2 Å². The Kier molecular flexibility index (Phi) is 6.59. The highest BCUT2D eigenvalue weighted by Gasteiger charge is 2.14. The summed E-state index contributed by atoms with van der Waals surface area (Å²) >= 11 is 0. The highest BCUT2D eigenvalue weighted by molar-refractivity contribution is 7.89. The average Bonchev–Trinajstić information content (AvgIpc) is 2.66. The SMILES string of the molecule is CCCNS(=O)(=O)c1ccc(C(=O)Nc2ccc(OC)c(OC)c2)cc1. The summed E-state index contributed by atoms with van der Waals surface area (Å²) in [6, 6.07) is 10.8. The fourth-order valence-corrected chi connectivity index (χ4v) is 3.36. The summed E-state index contributed by atoms with van der Waals surface area (Å²) in [6.07, 6.45) is 0.699. The van der Waals surface area contributed by atoms with Gasteiger partial charge >= 0.3 is 0 Å². The molecule has 2 rings (SSSR count). The number of rotatable bonds is 8. The normalized spacial score (nSPS) is 11.0. The van der Waals surface area contributed by atoms with Gasteiger partial charge in [0.2, 0.25) is 10.0 Å². The van der Waals surface area contributed by atoms with Crippen molar-refractivity contribution in [3.63, 3.8) is 0 Å². The van der Waals surface area contributed by atoms with Gasteiger partial charge in [0.15, 0.2) is 11.5 Å². The van der Waals surface area contributed by atoms with Crippen molar-refractivity contribution in [2.24, 2.45) is 0 Å². The molecule has 0 spiro atoms. The third-order valence-corrected chi connectivity index (χ3v) is 5.09. The molecule has 0 radical (unpaired) electrons. The van der Waals surface area contributed by atoms with E-state index >= 15 is 0 Å². The fraction of sp³-hybridized carbons (Fsp3) is 0.278. The Morgan fingerprint density at radius 1 is 1.00 bits per heavy atom. The predicted octanol–water partition coefficient (Wildman–Crippen LogP) is 2.64. The number of ether oxygens (including phenoxy) is 2. The van der Waals surface area contributed by atoms with Gasteiger partial charge in [-0.05, 0) is 42.8 Å². The van der Waals surface area contributed by atoms with E-state index in [0.717, 1.165) is 0 Å². The van der Waals surface area contributed by atoms with Crippen LogP contribution in [0.15, 0.2) is 47.4 Å². The molecule has 0 aliphatic rings. The van der Waals surface area contributed by atoms with Crippen LogP contribution in [0.25, 0.3) is 0 Å². The highest BCUT2D eigenvalue weighted by atomic mass is 32.2. The zero-order valence-corrected chi connectivity index (χ0v) is 15.7. The molecule has 2 aromatic carbocycles. The second kappa shape index (κ2) is 8.68. The van der Waals surface area contributed by atoms with E-state index in [1.54, 1.807) is 18.2 Å². The number of benzene rings is 2. The summed E-state index contributed by atoms with van der Waals surface area (Å²) < 4.78 is 36.9. The summed E-state index contributed by atoms with van der Waals surface area (Å²) in [7, 11) is -0.515. The zero-order chi connectivity index (χ0) is 19.2. The Balaban J connectivity index is 2.13. The van der Waals surface area contributed by atoms with Crippen molar-refractivity contribution in [1.82, 2.24) is 4.72 Å². The lowest BCUT2D eigenvalue weighted by molar-refractivity contribution is 0.102. The Morgan fingerprint density at radius 2 is 1.65 bits per heavy atom. The monoisotopic (exact) mass is 378 g/mol. The van der Waals surface area contributed by atoms with Crippen molar-refractivity contribution in [2.45, 2.75) is 18.2 Å². The third-order valence-electron chi connectivity index (χ3n) is 3.61. The predicted molar refractivity (Wildman–Crippen MR) is 99.4 cm³/mol. The second-order valence-corrected chi connectivity index (χ2v) is 7.21. The Morgan fingerprint density at radius 3 is 2.23 bits per heavy atom. The highest BCUT2D eigenvalue weighted by Crippen LogP contribution is 2.29. The van der Waals surface area contributed by atoms with Gasteiger partial charge in [-0.15, -0.1) is 0 Å². The van der Waals surface area contributed by atoms with Crippen LogP contribution >= 0.6 is 0 Å². The molecule has 0 aliphatic heterocycles. The molecule has 1 amide bonds. The molecule has 0 aliphatic carbocycles. The van der Waals surface area contributed by atoms with Crippen molar-refractivity contribution in [2.75, 3.05) is 26.1 Å². The van der Waals surface area contributed by atoms with Gasteiger partial charge < -0.3 is 14.8 Å². The van der Waals surface area contributed by atoms with Crippen molar-refractivity contribution >= 4 is 21.6 Å². The fourth-order valence-electron chi connectivity index (χ4n) is 2.22. The van der Waals surface area contributed by atoms with Gasteiger partial charge in [-0.3, -0.25) is 4.79 Å². The molecule has 0 bridgehead atoms. The van der Waals surface area contributed by atoms with E-state index in [-0.39, 0.29) is 10.8 Å². The van der Waals surface area contributed by atoms with Crippen molar-refractivity contribution in [3.8, 4) is 11.5 Å². The van der Waals surface area contributed by atoms with Crippen molar-refractivity contribution in [1.29, 1.82) is 0 Å². The topological polar surface area (TPSA) is 93.7 Å². The lowest BCUT2D eigenvalue weighted by Gasteiger charge is -2.11. The van der Waals surface area contributed by atoms with Gasteiger partial charge in [0, 0.05) is 23.9 Å². The van der Waals surface area contributed by atoms with Crippen molar-refractivity contribution in [3.05, 3.63) is 48.0 Å². The molecule has 2 N–H and O–H groups in total. The molecule has 140 valence electrons. The first-order valence-corrected chi connectivity index (χ1v) is 9.52. The van der Waals surface area contributed by atoms with E-state index in [4.69, 9.17) is 9.47 Å². The minimum atomic E-state index is -3.55. The van der Waals surface area contributed by atoms with Crippen LogP contribution in [0.4, 0.5) is 5.69 Å². The minimum absolute atomic E-state index is 0.119. The van der Waals surface area contributed by atoms with Crippen molar-refractivity contribution < 1.29 is 22.7 Å². The van der Waals surface area contributed by atoms with E-state index < -0.39 is 10.0 Å². The zero-order valence-electron chi connectivity index (χ0n) is 14.9. The number of sulfonamides is 1. The van der Waals surface area contributed by atoms with Gasteiger partial charge in [0.05, 0.1) is 19.1 Å². The first-order chi connectivity index (χ1) is 12.4. The number of anilines is 1. The summed E-state index contributed by atoms with van der Waals surface area (Å²) in [6.45, 7) is 2.24. The number of amides is 1. The van der Waals surface area contributed by atoms with E-state index in [1.165, 1.54) is 38.5 Å². The molecule has 2 aromatic rings. The molecular formula is C18H22N2O5S. The molecule has 0 unspecified atom stereocenters. The van der Waals surface area contributed by atoms with E-state index in [0.29, 0.717) is 35.7 Å². The maximum atomic E-state index is 12.4. The number of methoxy groups -OCH3 is 2. The number of hydrogen-bond donors (Lipinski definition) is 2. The molecule has 8 heteroatoms. The maximum absolute atomic E-state index is 12.4. The number of nitrogens with one attached hydrogen (secondary N) is 2. The summed E-state index contributed by atoms with van der Waals surface area (Å²) in [5, 5.41) is 2.74. The van der Waals surface area contributed by atoms with Crippen LogP contribution in [0.1, 0.15) is 23.7 Å². The number of carbonyl (C=O) groups excluding carboxylic acids is 1. The van der Waals surface area contributed by atoms with E-state index in [2.05, 4.69) is 10.0 Å². The summed E-state index contributed by atoms with van der Waals surface area (Å²) in [5.74, 6) is 0.691. The van der Waals surface area contributed by atoms with Gasteiger partial charge in [-0.25, -0.2) is 13.1 Å². The van der Waals surface area contributed by atoms with Crippen LogP contribution in [-0.2, 0) is 10.0 Å². The van der Waals surface area contributed by atoms with Crippen LogP contribution in [0.5, 0.6) is 11.5 Å². The molecule has 26 heavy (non-hydrogen) atoms. The first kappa shape index (κ1) is 19.7. The smallest absolute Gasteiger partial charge is 0.255 e. The molecule has 0 saturated heterocycles. The molecule has 0 saturated carbocycles. The van der Waals surface area contributed by atoms with Gasteiger partial charge in [0.25, 0.3) is 5.91 Å². The molecule has 0 aromatic heterocycles. The molecule has 0 atom stereocenters. The Labute approximate surface area is 153 Å². The minimum Gasteiger partial charge on any atom is -0.493 e. The second-order valence-electron chi connectivity index (χ2n) is 5.45. The number of carbonyl (C=O) groups is 1.